The van der Waals surface area contributed by atoms with Crippen LogP contribution in [0.25, 0.3) is 10.9 Å². The van der Waals surface area contributed by atoms with E-state index in [9.17, 15) is 4.39 Å². The molecule has 0 aliphatic rings. The summed E-state index contributed by atoms with van der Waals surface area (Å²) in [6.07, 6.45) is 1.96. The number of ether oxygens (including phenoxy) is 1. The molecule has 0 radical (unpaired) electrons. The number of halogens is 2. The number of fused-ring (bicyclic) bond motifs is 1. The molecule has 0 N–H and O–H groups in total. The Morgan fingerprint density at radius 1 is 1.20 bits per heavy atom. The van der Waals surface area contributed by atoms with E-state index in [2.05, 4.69) is 0 Å². The molecule has 102 valence electrons. The first-order valence-electron chi connectivity index (χ1n) is 6.25. The van der Waals surface area contributed by atoms with E-state index < -0.39 is 0 Å². The van der Waals surface area contributed by atoms with Gasteiger partial charge in [-0.3, -0.25) is 0 Å². The van der Waals surface area contributed by atoms with Crippen molar-refractivity contribution in [3.63, 3.8) is 0 Å². The molecule has 0 unspecified atom stereocenters. The average Bonchev–Trinajstić information content (AvgIpc) is 2.84. The second-order valence-corrected chi connectivity index (χ2v) is 5.00. The van der Waals surface area contributed by atoms with E-state index in [1.165, 1.54) is 13.2 Å². The van der Waals surface area contributed by atoms with Gasteiger partial charge < -0.3 is 9.30 Å². The topological polar surface area (TPSA) is 14.2 Å². The highest BCUT2D eigenvalue weighted by atomic mass is 35.5. The molecule has 1 heterocycles. The largest absolute Gasteiger partial charge is 0.494 e. The minimum absolute atomic E-state index is 0.254. The summed E-state index contributed by atoms with van der Waals surface area (Å²) in [5.74, 6) is -0.100. The van der Waals surface area contributed by atoms with Gasteiger partial charge in [-0.25, -0.2) is 4.39 Å². The third-order valence-corrected chi connectivity index (χ3v) is 3.61. The number of rotatable bonds is 3. The van der Waals surface area contributed by atoms with Gasteiger partial charge in [-0.05, 0) is 29.8 Å². The summed E-state index contributed by atoms with van der Waals surface area (Å²) in [6, 6.07) is 12.8. The van der Waals surface area contributed by atoms with Gasteiger partial charge in [-0.1, -0.05) is 29.8 Å². The zero-order valence-corrected chi connectivity index (χ0v) is 11.7. The van der Waals surface area contributed by atoms with Crippen LogP contribution in [-0.2, 0) is 6.54 Å². The second-order valence-electron chi connectivity index (χ2n) is 4.59. The van der Waals surface area contributed by atoms with Crippen molar-refractivity contribution in [1.29, 1.82) is 0 Å². The Bertz CT molecular complexity index is 766. The van der Waals surface area contributed by atoms with Crippen molar-refractivity contribution in [1.82, 2.24) is 4.57 Å². The number of aromatic nitrogens is 1. The van der Waals surface area contributed by atoms with E-state index in [0.717, 1.165) is 16.5 Å². The van der Waals surface area contributed by atoms with Crippen molar-refractivity contribution in [2.45, 2.75) is 6.54 Å². The molecule has 0 aliphatic heterocycles. The van der Waals surface area contributed by atoms with Crippen molar-refractivity contribution < 1.29 is 9.13 Å². The van der Waals surface area contributed by atoms with Crippen LogP contribution in [0.15, 0.2) is 48.7 Å². The Morgan fingerprint density at radius 2 is 2.05 bits per heavy atom. The van der Waals surface area contributed by atoms with Crippen LogP contribution in [0, 0.1) is 5.82 Å². The highest BCUT2D eigenvalue weighted by molar-refractivity contribution is 6.35. The summed E-state index contributed by atoms with van der Waals surface area (Å²) in [5, 5.41) is 1.77. The fourth-order valence-corrected chi connectivity index (χ4v) is 2.64. The summed E-state index contributed by atoms with van der Waals surface area (Å²) in [6.45, 7) is 0.564. The van der Waals surface area contributed by atoms with Crippen LogP contribution in [0.5, 0.6) is 5.75 Å². The van der Waals surface area contributed by atoms with Crippen molar-refractivity contribution in [2.75, 3.05) is 7.11 Å². The number of para-hydroxylation sites is 1. The number of hydrogen-bond donors (Lipinski definition) is 0. The van der Waals surface area contributed by atoms with Crippen LogP contribution in [0.3, 0.4) is 0 Å². The van der Waals surface area contributed by atoms with E-state index in [-0.39, 0.29) is 11.6 Å². The molecule has 2 aromatic carbocycles. The first kappa shape index (κ1) is 13.0. The van der Waals surface area contributed by atoms with E-state index in [1.54, 1.807) is 6.07 Å². The Morgan fingerprint density at radius 3 is 2.80 bits per heavy atom. The molecule has 2 nitrogen and oxygen atoms in total. The zero-order valence-electron chi connectivity index (χ0n) is 10.9. The van der Waals surface area contributed by atoms with Gasteiger partial charge in [0, 0.05) is 18.1 Å². The molecule has 3 aromatic rings. The van der Waals surface area contributed by atoms with Gasteiger partial charge >= 0.3 is 0 Å². The van der Waals surface area contributed by atoms with Crippen LogP contribution in [0.2, 0.25) is 5.02 Å². The first-order valence-corrected chi connectivity index (χ1v) is 6.62. The van der Waals surface area contributed by atoms with Gasteiger partial charge in [0.1, 0.15) is 0 Å². The minimum Gasteiger partial charge on any atom is -0.494 e. The van der Waals surface area contributed by atoms with Gasteiger partial charge in [0.05, 0.1) is 17.6 Å². The van der Waals surface area contributed by atoms with Crippen LogP contribution < -0.4 is 4.74 Å². The molecule has 0 spiro atoms. The SMILES string of the molecule is COc1ccc(Cn2ccc3cccc(Cl)c32)cc1F. The highest BCUT2D eigenvalue weighted by Gasteiger charge is 2.08. The lowest BCUT2D eigenvalue weighted by Gasteiger charge is -2.08. The molecule has 0 aliphatic carbocycles. The molecule has 0 saturated carbocycles. The maximum Gasteiger partial charge on any atom is 0.165 e. The Labute approximate surface area is 121 Å². The van der Waals surface area contributed by atoms with Crippen molar-refractivity contribution in [2.24, 2.45) is 0 Å². The van der Waals surface area contributed by atoms with E-state index >= 15 is 0 Å². The number of nitrogens with zero attached hydrogens (tertiary/aromatic N) is 1. The number of hydrogen-bond acceptors (Lipinski definition) is 1. The molecule has 20 heavy (non-hydrogen) atoms. The summed E-state index contributed by atoms with van der Waals surface area (Å²) in [4.78, 5) is 0. The van der Waals surface area contributed by atoms with Crippen LogP contribution in [0.4, 0.5) is 4.39 Å². The van der Waals surface area contributed by atoms with E-state index in [0.29, 0.717) is 11.6 Å². The van der Waals surface area contributed by atoms with Crippen LogP contribution in [0.1, 0.15) is 5.56 Å². The zero-order chi connectivity index (χ0) is 14.1. The van der Waals surface area contributed by atoms with Crippen molar-refractivity contribution in [3.05, 3.63) is 65.1 Å². The Hall–Kier alpha value is -2.00. The molecule has 0 fully saturated rings. The summed E-state index contributed by atoms with van der Waals surface area (Å²) in [7, 11) is 1.46. The maximum absolute atomic E-state index is 13.7. The predicted octanol–water partition coefficient (Wildman–Crippen LogP) is 4.49. The predicted molar refractivity (Wildman–Crippen MR) is 79.0 cm³/mol. The Balaban J connectivity index is 1.99. The van der Waals surface area contributed by atoms with E-state index in [4.69, 9.17) is 16.3 Å². The lowest BCUT2D eigenvalue weighted by atomic mass is 10.2. The van der Waals surface area contributed by atoms with Gasteiger partial charge in [-0.15, -0.1) is 0 Å². The van der Waals surface area contributed by atoms with Gasteiger partial charge in [0.25, 0.3) is 0 Å². The first-order chi connectivity index (χ1) is 9.69. The number of benzene rings is 2. The number of methoxy groups -OCH3 is 1. The molecule has 0 saturated heterocycles. The van der Waals surface area contributed by atoms with E-state index in [1.807, 2.05) is 41.1 Å². The summed E-state index contributed by atoms with van der Waals surface area (Å²) >= 11 is 6.23. The normalized spacial score (nSPS) is 10.9. The molecule has 0 amide bonds. The fraction of sp³-hybridized carbons (Fsp3) is 0.125. The fourth-order valence-electron chi connectivity index (χ4n) is 2.35. The van der Waals surface area contributed by atoms with Gasteiger partial charge in [0.2, 0.25) is 0 Å². The van der Waals surface area contributed by atoms with Gasteiger partial charge in [0.15, 0.2) is 11.6 Å². The third-order valence-electron chi connectivity index (χ3n) is 3.31. The molecule has 4 heteroatoms. The average molecular weight is 290 g/mol. The van der Waals surface area contributed by atoms with Crippen LogP contribution in [-0.4, -0.2) is 11.7 Å². The molecule has 3 rings (SSSR count). The van der Waals surface area contributed by atoms with Crippen molar-refractivity contribution >= 4 is 22.5 Å². The maximum atomic E-state index is 13.7. The lowest BCUT2D eigenvalue weighted by Crippen LogP contribution is -1.99. The quantitative estimate of drug-likeness (QED) is 0.693. The molecular formula is C16H13ClFNO. The summed E-state index contributed by atoms with van der Waals surface area (Å²) in [5.41, 5.74) is 1.83. The smallest absolute Gasteiger partial charge is 0.165 e. The minimum atomic E-state index is -0.354. The second kappa shape index (κ2) is 5.17. The highest BCUT2D eigenvalue weighted by Crippen LogP contribution is 2.26. The van der Waals surface area contributed by atoms with Crippen LogP contribution >= 0.6 is 11.6 Å². The third kappa shape index (κ3) is 2.25. The Kier molecular flexibility index (Phi) is 3.36. The lowest BCUT2D eigenvalue weighted by molar-refractivity contribution is 0.386. The summed E-state index contributed by atoms with van der Waals surface area (Å²) < 4.78 is 20.6. The molecule has 0 atom stereocenters. The molecular weight excluding hydrogens is 277 g/mol. The van der Waals surface area contributed by atoms with Crippen molar-refractivity contribution in [3.8, 4) is 5.75 Å². The molecule has 0 bridgehead atoms. The standard InChI is InChI=1S/C16H13ClFNO/c1-20-15-6-5-11(9-14(15)18)10-19-8-7-12-3-2-4-13(17)16(12)19/h2-9H,10H2,1H3. The monoisotopic (exact) mass is 289 g/mol. The molecule has 1 aromatic heterocycles. The van der Waals surface area contributed by atoms with Gasteiger partial charge in [-0.2, -0.15) is 0 Å².